The van der Waals surface area contributed by atoms with Gasteiger partial charge in [-0.15, -0.1) is 0 Å². The summed E-state index contributed by atoms with van der Waals surface area (Å²) < 4.78 is 0. The fraction of sp³-hybridized carbons (Fsp3) is 0.267. The number of allylic oxidation sites excluding steroid dienone is 2. The fourth-order valence-electron chi connectivity index (χ4n) is 1.84. The van der Waals surface area contributed by atoms with Gasteiger partial charge < -0.3 is 5.43 Å². The third-order valence-corrected chi connectivity index (χ3v) is 2.80. The van der Waals surface area contributed by atoms with Gasteiger partial charge in [0.25, 0.3) is 0 Å². The normalized spacial score (nSPS) is 10.9. The Morgan fingerprint density at radius 3 is 2.50 bits per heavy atom. The molecule has 0 amide bonds. The van der Waals surface area contributed by atoms with Crippen LogP contribution in [0.4, 0.5) is 0 Å². The minimum atomic E-state index is 0.672. The van der Waals surface area contributed by atoms with E-state index in [1.165, 1.54) is 0 Å². The Hall–Kier alpha value is -2.05. The molecule has 0 spiro atoms. The largest absolute Gasteiger partial charge is 0.329 e. The first kappa shape index (κ1) is 14.0. The SMILES string of the molecule is C=C(C)c1cc(C#N)c(/C(C)=C/NNC)cc1C. The van der Waals surface area contributed by atoms with Crippen molar-refractivity contribution in [3.05, 3.63) is 47.2 Å². The maximum atomic E-state index is 9.25. The standard InChI is InChI=1S/C15H19N3/c1-10(2)14-7-13(8-16)15(6-11(14)3)12(4)9-18-17-5/h6-7,9,17-18H,1H2,2-5H3/b12-9+. The van der Waals surface area contributed by atoms with Crippen molar-refractivity contribution in [3.8, 4) is 6.07 Å². The Kier molecular flexibility index (Phi) is 4.70. The van der Waals surface area contributed by atoms with Crippen molar-refractivity contribution < 1.29 is 0 Å². The van der Waals surface area contributed by atoms with E-state index in [0.717, 1.165) is 27.8 Å². The maximum Gasteiger partial charge on any atom is 0.0998 e. The summed E-state index contributed by atoms with van der Waals surface area (Å²) in [5.74, 6) is 0. The number of nitriles is 1. The molecule has 94 valence electrons. The lowest BCUT2D eigenvalue weighted by Gasteiger charge is -2.11. The van der Waals surface area contributed by atoms with Gasteiger partial charge in [-0.3, -0.25) is 0 Å². The first-order valence-electron chi connectivity index (χ1n) is 5.81. The molecule has 1 aromatic carbocycles. The summed E-state index contributed by atoms with van der Waals surface area (Å²) in [6.45, 7) is 9.90. The van der Waals surface area contributed by atoms with Crippen LogP contribution in [0.1, 0.15) is 36.1 Å². The van der Waals surface area contributed by atoms with Crippen molar-refractivity contribution in [2.75, 3.05) is 7.05 Å². The molecule has 2 N–H and O–H groups in total. The van der Waals surface area contributed by atoms with E-state index in [1.54, 1.807) is 7.05 Å². The van der Waals surface area contributed by atoms with E-state index < -0.39 is 0 Å². The minimum Gasteiger partial charge on any atom is -0.329 e. The Morgan fingerprint density at radius 2 is 2.00 bits per heavy atom. The molecule has 1 aromatic rings. The lowest BCUT2D eigenvalue weighted by Crippen LogP contribution is -2.21. The molecule has 1 rings (SSSR count). The highest BCUT2D eigenvalue weighted by Crippen LogP contribution is 2.25. The predicted molar refractivity (Wildman–Crippen MR) is 76.4 cm³/mol. The van der Waals surface area contributed by atoms with E-state index in [2.05, 4.69) is 23.5 Å². The van der Waals surface area contributed by atoms with Crippen molar-refractivity contribution in [2.24, 2.45) is 0 Å². The Labute approximate surface area is 109 Å². The van der Waals surface area contributed by atoms with Crippen molar-refractivity contribution >= 4 is 11.1 Å². The van der Waals surface area contributed by atoms with Crippen LogP contribution in [0.15, 0.2) is 24.9 Å². The molecule has 0 saturated heterocycles. The number of aryl methyl sites for hydroxylation is 1. The van der Waals surface area contributed by atoms with E-state index in [9.17, 15) is 5.26 Å². The van der Waals surface area contributed by atoms with E-state index in [1.807, 2.05) is 39.1 Å². The van der Waals surface area contributed by atoms with Gasteiger partial charge in [-0.1, -0.05) is 12.2 Å². The van der Waals surface area contributed by atoms with Gasteiger partial charge in [0.1, 0.15) is 0 Å². The van der Waals surface area contributed by atoms with Gasteiger partial charge in [0, 0.05) is 13.2 Å². The molecule has 0 aliphatic heterocycles. The lowest BCUT2D eigenvalue weighted by molar-refractivity contribution is 0.732. The fourth-order valence-corrected chi connectivity index (χ4v) is 1.84. The number of hydrogen-bond acceptors (Lipinski definition) is 3. The summed E-state index contributed by atoms with van der Waals surface area (Å²) in [4.78, 5) is 0. The van der Waals surface area contributed by atoms with Gasteiger partial charge in [0.05, 0.1) is 11.6 Å². The quantitative estimate of drug-likeness (QED) is 0.797. The maximum absolute atomic E-state index is 9.25. The molecular formula is C15H19N3. The summed E-state index contributed by atoms with van der Waals surface area (Å²) in [5.41, 5.74) is 11.5. The molecule has 0 unspecified atom stereocenters. The van der Waals surface area contributed by atoms with Gasteiger partial charge in [0.2, 0.25) is 0 Å². The topological polar surface area (TPSA) is 47.9 Å². The number of hydrazine groups is 1. The first-order valence-corrected chi connectivity index (χ1v) is 5.81. The van der Waals surface area contributed by atoms with Crippen LogP contribution >= 0.6 is 0 Å². The van der Waals surface area contributed by atoms with Gasteiger partial charge >= 0.3 is 0 Å². The number of nitrogens with zero attached hydrogens (tertiary/aromatic N) is 1. The summed E-state index contributed by atoms with van der Waals surface area (Å²) >= 11 is 0. The van der Waals surface area contributed by atoms with Crippen LogP contribution in [-0.2, 0) is 0 Å². The van der Waals surface area contributed by atoms with Crippen LogP contribution in [0.5, 0.6) is 0 Å². The van der Waals surface area contributed by atoms with Crippen LogP contribution in [0.25, 0.3) is 11.1 Å². The number of rotatable bonds is 4. The Balaban J connectivity index is 3.34. The van der Waals surface area contributed by atoms with Crippen LogP contribution in [-0.4, -0.2) is 7.05 Å². The zero-order chi connectivity index (χ0) is 13.7. The Bertz CT molecular complexity index is 533. The molecule has 0 radical (unpaired) electrons. The van der Waals surface area contributed by atoms with Crippen molar-refractivity contribution in [2.45, 2.75) is 20.8 Å². The molecule has 0 aromatic heterocycles. The number of hydrogen-bond donors (Lipinski definition) is 2. The third-order valence-electron chi connectivity index (χ3n) is 2.80. The third kappa shape index (κ3) is 2.99. The Morgan fingerprint density at radius 1 is 1.33 bits per heavy atom. The molecule has 0 fully saturated rings. The van der Waals surface area contributed by atoms with Crippen LogP contribution in [0.2, 0.25) is 0 Å². The van der Waals surface area contributed by atoms with E-state index in [4.69, 9.17) is 0 Å². The summed E-state index contributed by atoms with van der Waals surface area (Å²) in [5, 5.41) is 9.25. The molecule has 18 heavy (non-hydrogen) atoms. The van der Waals surface area contributed by atoms with Gasteiger partial charge in [-0.2, -0.15) is 5.26 Å². The minimum absolute atomic E-state index is 0.672. The molecule has 0 atom stereocenters. The van der Waals surface area contributed by atoms with Gasteiger partial charge in [-0.05, 0) is 55.2 Å². The number of benzene rings is 1. The van der Waals surface area contributed by atoms with E-state index in [0.29, 0.717) is 5.56 Å². The number of nitrogens with one attached hydrogen (secondary N) is 2. The van der Waals surface area contributed by atoms with Crippen LogP contribution in [0, 0.1) is 18.3 Å². The van der Waals surface area contributed by atoms with Crippen LogP contribution in [0.3, 0.4) is 0 Å². The lowest BCUT2D eigenvalue weighted by atomic mass is 9.93. The first-order chi connectivity index (χ1) is 8.51. The molecule has 3 nitrogen and oxygen atoms in total. The van der Waals surface area contributed by atoms with Crippen molar-refractivity contribution in [3.63, 3.8) is 0 Å². The molecular weight excluding hydrogens is 222 g/mol. The predicted octanol–water partition coefficient (Wildman–Crippen LogP) is 2.98. The van der Waals surface area contributed by atoms with E-state index in [-0.39, 0.29) is 0 Å². The zero-order valence-corrected chi connectivity index (χ0v) is 11.4. The second-order valence-corrected chi connectivity index (χ2v) is 4.33. The second kappa shape index (κ2) is 6.04. The molecule has 0 aliphatic rings. The van der Waals surface area contributed by atoms with Crippen molar-refractivity contribution in [1.29, 1.82) is 5.26 Å². The average molecular weight is 241 g/mol. The molecule has 0 saturated carbocycles. The summed E-state index contributed by atoms with van der Waals surface area (Å²) in [7, 11) is 1.80. The van der Waals surface area contributed by atoms with E-state index >= 15 is 0 Å². The van der Waals surface area contributed by atoms with Gasteiger partial charge in [0.15, 0.2) is 0 Å². The van der Waals surface area contributed by atoms with Gasteiger partial charge in [-0.25, -0.2) is 5.43 Å². The monoisotopic (exact) mass is 241 g/mol. The molecule has 3 heteroatoms. The highest BCUT2D eigenvalue weighted by molar-refractivity contribution is 5.74. The zero-order valence-electron chi connectivity index (χ0n) is 11.4. The summed E-state index contributed by atoms with van der Waals surface area (Å²) in [6, 6.07) is 6.19. The smallest absolute Gasteiger partial charge is 0.0998 e. The molecule has 0 heterocycles. The summed E-state index contributed by atoms with van der Waals surface area (Å²) in [6.07, 6.45) is 1.84. The average Bonchev–Trinajstić information content (AvgIpc) is 2.35. The highest BCUT2D eigenvalue weighted by Gasteiger charge is 2.09. The van der Waals surface area contributed by atoms with Crippen molar-refractivity contribution in [1.82, 2.24) is 10.9 Å². The molecule has 0 bridgehead atoms. The van der Waals surface area contributed by atoms with Crippen LogP contribution < -0.4 is 10.9 Å². The molecule has 0 aliphatic carbocycles. The highest BCUT2D eigenvalue weighted by atomic mass is 15.3. The second-order valence-electron chi connectivity index (χ2n) is 4.33.